The molecule has 0 bridgehead atoms. The standard InChI is InChI=1S/C10H16ClN3/c1-7(2)8(3)14(4)9-5-6-12-10(11)13-9/h5-8H,1-4H3. The predicted octanol–water partition coefficient (Wildman–Crippen LogP) is 2.61. The van der Waals surface area contributed by atoms with E-state index in [0.29, 0.717) is 17.2 Å². The van der Waals surface area contributed by atoms with Gasteiger partial charge < -0.3 is 4.90 Å². The average Bonchev–Trinajstić information content (AvgIpc) is 2.15. The van der Waals surface area contributed by atoms with E-state index in [2.05, 4.69) is 35.6 Å². The van der Waals surface area contributed by atoms with Crippen LogP contribution in [-0.2, 0) is 0 Å². The van der Waals surface area contributed by atoms with E-state index >= 15 is 0 Å². The highest BCUT2D eigenvalue weighted by Crippen LogP contribution is 2.17. The number of hydrogen-bond donors (Lipinski definition) is 0. The normalized spacial score (nSPS) is 13.0. The lowest BCUT2D eigenvalue weighted by Gasteiger charge is -2.28. The van der Waals surface area contributed by atoms with Gasteiger partial charge in [-0.1, -0.05) is 13.8 Å². The van der Waals surface area contributed by atoms with Gasteiger partial charge in [0.15, 0.2) is 0 Å². The Labute approximate surface area is 90.1 Å². The van der Waals surface area contributed by atoms with E-state index in [0.717, 1.165) is 5.82 Å². The van der Waals surface area contributed by atoms with Crippen LogP contribution in [0.5, 0.6) is 0 Å². The molecule has 0 saturated carbocycles. The van der Waals surface area contributed by atoms with Gasteiger partial charge in [0.25, 0.3) is 0 Å². The summed E-state index contributed by atoms with van der Waals surface area (Å²) in [5, 5.41) is 0.297. The molecule has 0 amide bonds. The second-order valence-electron chi connectivity index (χ2n) is 3.78. The quantitative estimate of drug-likeness (QED) is 0.723. The minimum atomic E-state index is 0.297. The maximum Gasteiger partial charge on any atom is 0.224 e. The lowest BCUT2D eigenvalue weighted by atomic mass is 10.1. The number of rotatable bonds is 3. The zero-order chi connectivity index (χ0) is 10.7. The van der Waals surface area contributed by atoms with Gasteiger partial charge in [-0.15, -0.1) is 0 Å². The van der Waals surface area contributed by atoms with Gasteiger partial charge >= 0.3 is 0 Å². The van der Waals surface area contributed by atoms with Crippen molar-refractivity contribution in [2.75, 3.05) is 11.9 Å². The molecule has 3 nitrogen and oxygen atoms in total. The first-order valence-electron chi connectivity index (χ1n) is 4.73. The third-order valence-corrected chi connectivity index (χ3v) is 2.73. The summed E-state index contributed by atoms with van der Waals surface area (Å²) in [7, 11) is 2.02. The zero-order valence-corrected chi connectivity index (χ0v) is 9.78. The molecule has 1 heterocycles. The van der Waals surface area contributed by atoms with Crippen molar-refractivity contribution in [3.8, 4) is 0 Å². The smallest absolute Gasteiger partial charge is 0.224 e. The maximum absolute atomic E-state index is 5.72. The van der Waals surface area contributed by atoms with Gasteiger partial charge in [0.1, 0.15) is 5.82 Å². The van der Waals surface area contributed by atoms with Crippen LogP contribution in [0.2, 0.25) is 5.28 Å². The fraction of sp³-hybridized carbons (Fsp3) is 0.600. The van der Waals surface area contributed by atoms with Gasteiger partial charge in [0, 0.05) is 19.3 Å². The summed E-state index contributed by atoms with van der Waals surface area (Å²) >= 11 is 5.72. The van der Waals surface area contributed by atoms with Gasteiger partial charge in [-0.3, -0.25) is 0 Å². The summed E-state index contributed by atoms with van der Waals surface area (Å²) in [5.74, 6) is 1.44. The lowest BCUT2D eigenvalue weighted by molar-refractivity contribution is 0.502. The predicted molar refractivity (Wildman–Crippen MR) is 59.7 cm³/mol. The number of halogens is 1. The van der Waals surface area contributed by atoms with Crippen molar-refractivity contribution in [2.24, 2.45) is 5.92 Å². The molecule has 0 aliphatic rings. The van der Waals surface area contributed by atoms with E-state index in [1.807, 2.05) is 13.1 Å². The average molecular weight is 214 g/mol. The molecule has 0 N–H and O–H groups in total. The second kappa shape index (κ2) is 4.60. The summed E-state index contributed by atoms with van der Waals surface area (Å²) < 4.78 is 0. The molecule has 0 saturated heterocycles. The van der Waals surface area contributed by atoms with Gasteiger partial charge in [0.2, 0.25) is 5.28 Å². The molecule has 0 spiro atoms. The summed E-state index contributed by atoms with van der Waals surface area (Å²) in [4.78, 5) is 10.1. The molecule has 0 aliphatic heterocycles. The van der Waals surface area contributed by atoms with E-state index in [4.69, 9.17) is 11.6 Å². The molecule has 0 aliphatic carbocycles. The molecule has 78 valence electrons. The molecule has 1 rings (SSSR count). The topological polar surface area (TPSA) is 29.0 Å². The zero-order valence-electron chi connectivity index (χ0n) is 9.03. The minimum absolute atomic E-state index is 0.297. The monoisotopic (exact) mass is 213 g/mol. The van der Waals surface area contributed by atoms with Gasteiger partial charge in [0.05, 0.1) is 0 Å². The van der Waals surface area contributed by atoms with E-state index in [1.54, 1.807) is 6.20 Å². The molecular weight excluding hydrogens is 198 g/mol. The Morgan fingerprint density at radius 3 is 2.50 bits per heavy atom. The Morgan fingerprint density at radius 2 is 2.00 bits per heavy atom. The molecule has 0 radical (unpaired) electrons. The SMILES string of the molecule is CC(C)C(C)N(C)c1ccnc(Cl)n1. The highest BCUT2D eigenvalue weighted by atomic mass is 35.5. The first kappa shape index (κ1) is 11.2. The molecule has 0 fully saturated rings. The summed E-state index contributed by atoms with van der Waals surface area (Å²) in [6, 6.07) is 2.30. The van der Waals surface area contributed by atoms with Crippen LogP contribution in [0.15, 0.2) is 12.3 Å². The Balaban J connectivity index is 2.83. The van der Waals surface area contributed by atoms with Crippen molar-refractivity contribution >= 4 is 17.4 Å². The fourth-order valence-corrected chi connectivity index (χ4v) is 1.32. The van der Waals surface area contributed by atoms with Gasteiger partial charge in [-0.05, 0) is 30.5 Å². The highest BCUT2D eigenvalue weighted by molar-refractivity contribution is 6.28. The number of aromatic nitrogens is 2. The minimum Gasteiger partial charge on any atom is -0.357 e. The lowest BCUT2D eigenvalue weighted by Crippen LogP contribution is -2.33. The summed E-state index contributed by atoms with van der Waals surface area (Å²) in [6.07, 6.45) is 1.67. The van der Waals surface area contributed by atoms with Crippen LogP contribution in [0, 0.1) is 5.92 Å². The largest absolute Gasteiger partial charge is 0.357 e. The first-order chi connectivity index (χ1) is 6.52. The van der Waals surface area contributed by atoms with Crippen molar-refractivity contribution in [1.82, 2.24) is 9.97 Å². The number of hydrogen-bond acceptors (Lipinski definition) is 3. The molecule has 1 unspecified atom stereocenters. The Kier molecular flexibility index (Phi) is 3.69. The van der Waals surface area contributed by atoms with Crippen LogP contribution in [-0.4, -0.2) is 23.1 Å². The van der Waals surface area contributed by atoms with Crippen LogP contribution in [0.4, 0.5) is 5.82 Å². The first-order valence-corrected chi connectivity index (χ1v) is 5.11. The van der Waals surface area contributed by atoms with E-state index in [-0.39, 0.29) is 0 Å². The Bertz CT molecular complexity index is 301. The summed E-state index contributed by atoms with van der Waals surface area (Å²) in [6.45, 7) is 6.54. The van der Waals surface area contributed by atoms with Crippen LogP contribution in [0.1, 0.15) is 20.8 Å². The van der Waals surface area contributed by atoms with E-state index < -0.39 is 0 Å². The number of anilines is 1. The molecule has 14 heavy (non-hydrogen) atoms. The van der Waals surface area contributed by atoms with Crippen LogP contribution < -0.4 is 4.90 Å². The van der Waals surface area contributed by atoms with Crippen molar-refractivity contribution in [2.45, 2.75) is 26.8 Å². The van der Waals surface area contributed by atoms with Gasteiger partial charge in [-0.25, -0.2) is 9.97 Å². The van der Waals surface area contributed by atoms with Crippen LogP contribution in [0.25, 0.3) is 0 Å². The van der Waals surface area contributed by atoms with Gasteiger partial charge in [-0.2, -0.15) is 0 Å². The van der Waals surface area contributed by atoms with Crippen molar-refractivity contribution < 1.29 is 0 Å². The molecular formula is C10H16ClN3. The molecule has 1 atom stereocenters. The third-order valence-electron chi connectivity index (χ3n) is 2.55. The van der Waals surface area contributed by atoms with E-state index in [9.17, 15) is 0 Å². The maximum atomic E-state index is 5.72. The summed E-state index contributed by atoms with van der Waals surface area (Å²) in [5.41, 5.74) is 0. The Morgan fingerprint density at radius 1 is 1.36 bits per heavy atom. The molecule has 1 aromatic heterocycles. The fourth-order valence-electron chi connectivity index (χ4n) is 1.18. The molecule has 1 aromatic rings. The number of nitrogens with zero attached hydrogens (tertiary/aromatic N) is 3. The third kappa shape index (κ3) is 2.58. The van der Waals surface area contributed by atoms with Crippen LogP contribution in [0.3, 0.4) is 0 Å². The van der Waals surface area contributed by atoms with Crippen molar-refractivity contribution in [3.63, 3.8) is 0 Å². The second-order valence-corrected chi connectivity index (χ2v) is 4.12. The highest BCUT2D eigenvalue weighted by Gasteiger charge is 2.14. The van der Waals surface area contributed by atoms with E-state index in [1.165, 1.54) is 0 Å². The Hall–Kier alpha value is -0.830. The molecule has 4 heteroatoms. The van der Waals surface area contributed by atoms with Crippen molar-refractivity contribution in [3.05, 3.63) is 17.5 Å². The van der Waals surface area contributed by atoms with Crippen molar-refractivity contribution in [1.29, 1.82) is 0 Å². The molecule has 0 aromatic carbocycles. The van der Waals surface area contributed by atoms with Crippen LogP contribution >= 0.6 is 11.6 Å².